The van der Waals surface area contributed by atoms with Crippen molar-refractivity contribution < 1.29 is 13.9 Å². The number of hydrogen-bond donors (Lipinski definition) is 1. The first kappa shape index (κ1) is 16.5. The van der Waals surface area contributed by atoms with Gasteiger partial charge < -0.3 is 10.1 Å². The van der Waals surface area contributed by atoms with Gasteiger partial charge in [0, 0.05) is 5.56 Å². The fourth-order valence-electron chi connectivity index (χ4n) is 3.54. The van der Waals surface area contributed by atoms with Gasteiger partial charge in [0.1, 0.15) is 11.6 Å². The first-order valence-corrected chi connectivity index (χ1v) is 8.45. The molecule has 1 amide bonds. The smallest absolute Gasteiger partial charge is 0.235 e. The van der Waals surface area contributed by atoms with E-state index in [-0.39, 0.29) is 11.7 Å². The van der Waals surface area contributed by atoms with E-state index in [1.54, 1.807) is 18.2 Å². The van der Waals surface area contributed by atoms with Gasteiger partial charge >= 0.3 is 0 Å². The van der Waals surface area contributed by atoms with Crippen LogP contribution < -0.4 is 10.1 Å². The summed E-state index contributed by atoms with van der Waals surface area (Å²) in [6.45, 7) is 2.42. The maximum absolute atomic E-state index is 14.4. The van der Waals surface area contributed by atoms with Crippen LogP contribution in [0.5, 0.6) is 5.75 Å². The maximum atomic E-state index is 14.4. The first-order chi connectivity index (χ1) is 11.7. The zero-order valence-corrected chi connectivity index (χ0v) is 13.8. The van der Waals surface area contributed by atoms with Crippen molar-refractivity contribution >= 4 is 11.6 Å². The summed E-state index contributed by atoms with van der Waals surface area (Å²) in [4.78, 5) is 13.1. The molecule has 24 heavy (non-hydrogen) atoms. The van der Waals surface area contributed by atoms with Gasteiger partial charge in [0.25, 0.3) is 0 Å². The number of halogens is 1. The molecule has 0 radical (unpaired) electrons. The topological polar surface area (TPSA) is 38.3 Å². The molecule has 1 fully saturated rings. The van der Waals surface area contributed by atoms with Crippen LogP contribution in [0.25, 0.3) is 0 Å². The minimum absolute atomic E-state index is 0.155. The van der Waals surface area contributed by atoms with E-state index in [2.05, 4.69) is 5.32 Å². The van der Waals surface area contributed by atoms with Crippen molar-refractivity contribution in [2.24, 2.45) is 0 Å². The summed E-state index contributed by atoms with van der Waals surface area (Å²) >= 11 is 0. The molecule has 2 aromatic carbocycles. The molecule has 0 spiro atoms. The van der Waals surface area contributed by atoms with Gasteiger partial charge in [-0.25, -0.2) is 4.39 Å². The highest BCUT2D eigenvalue weighted by atomic mass is 19.1. The van der Waals surface area contributed by atoms with E-state index in [1.807, 2.05) is 31.2 Å². The minimum Gasteiger partial charge on any atom is -0.492 e. The molecule has 0 bridgehead atoms. The number of carbonyl (C=O) groups excluding carboxylic acids is 1. The van der Waals surface area contributed by atoms with E-state index in [4.69, 9.17) is 4.74 Å². The van der Waals surface area contributed by atoms with E-state index in [0.717, 1.165) is 12.8 Å². The molecular weight excluding hydrogens is 305 g/mol. The number of anilines is 1. The number of rotatable bonds is 5. The van der Waals surface area contributed by atoms with Gasteiger partial charge in [-0.15, -0.1) is 0 Å². The summed E-state index contributed by atoms with van der Waals surface area (Å²) in [5, 5.41) is 2.97. The Labute approximate surface area is 141 Å². The van der Waals surface area contributed by atoms with Gasteiger partial charge in [-0.3, -0.25) is 4.79 Å². The highest BCUT2D eigenvalue weighted by Crippen LogP contribution is 2.43. The van der Waals surface area contributed by atoms with Crippen LogP contribution in [-0.2, 0) is 10.2 Å². The van der Waals surface area contributed by atoms with Crippen molar-refractivity contribution in [1.29, 1.82) is 0 Å². The second-order valence-corrected chi connectivity index (χ2v) is 6.15. The lowest BCUT2D eigenvalue weighted by Gasteiger charge is -2.29. The molecule has 0 atom stereocenters. The fraction of sp³-hybridized carbons (Fsp3) is 0.350. The number of benzene rings is 2. The lowest BCUT2D eigenvalue weighted by Crippen LogP contribution is -2.38. The fourth-order valence-corrected chi connectivity index (χ4v) is 3.54. The molecule has 0 aliphatic heterocycles. The third-order valence-corrected chi connectivity index (χ3v) is 4.72. The summed E-state index contributed by atoms with van der Waals surface area (Å²) in [6.07, 6.45) is 3.18. The molecule has 4 heteroatoms. The summed E-state index contributed by atoms with van der Waals surface area (Å²) in [5.74, 6) is 0.167. The normalized spacial score (nSPS) is 15.9. The van der Waals surface area contributed by atoms with Gasteiger partial charge in [0.05, 0.1) is 17.7 Å². The van der Waals surface area contributed by atoms with Crippen LogP contribution in [0.15, 0.2) is 48.5 Å². The Hall–Kier alpha value is -2.36. The number of amides is 1. The second kappa shape index (κ2) is 7.04. The molecule has 3 rings (SSSR count). The number of para-hydroxylation sites is 2. The van der Waals surface area contributed by atoms with Crippen LogP contribution in [0.3, 0.4) is 0 Å². The third-order valence-electron chi connectivity index (χ3n) is 4.72. The van der Waals surface area contributed by atoms with Crippen molar-refractivity contribution in [2.75, 3.05) is 11.9 Å². The molecule has 0 heterocycles. The third kappa shape index (κ3) is 3.01. The second-order valence-electron chi connectivity index (χ2n) is 6.15. The molecule has 3 nitrogen and oxygen atoms in total. The molecule has 0 aromatic heterocycles. The number of nitrogens with one attached hydrogen (secondary N) is 1. The summed E-state index contributed by atoms with van der Waals surface area (Å²) in [6, 6.07) is 14.0. The molecule has 0 unspecified atom stereocenters. The van der Waals surface area contributed by atoms with Crippen LogP contribution >= 0.6 is 0 Å². The van der Waals surface area contributed by atoms with Crippen molar-refractivity contribution in [2.45, 2.75) is 38.0 Å². The van der Waals surface area contributed by atoms with Crippen molar-refractivity contribution in [1.82, 2.24) is 0 Å². The maximum Gasteiger partial charge on any atom is 0.235 e. The monoisotopic (exact) mass is 327 g/mol. The summed E-state index contributed by atoms with van der Waals surface area (Å²) in [5.41, 5.74) is 0.325. The molecule has 126 valence electrons. The number of carbonyl (C=O) groups is 1. The highest BCUT2D eigenvalue weighted by Gasteiger charge is 2.44. The van der Waals surface area contributed by atoms with Crippen LogP contribution in [0.4, 0.5) is 10.1 Å². The summed E-state index contributed by atoms with van der Waals surface area (Å²) in [7, 11) is 0. The van der Waals surface area contributed by atoms with E-state index < -0.39 is 5.41 Å². The Morgan fingerprint density at radius 1 is 1.12 bits per heavy atom. The van der Waals surface area contributed by atoms with Gasteiger partial charge in [-0.2, -0.15) is 0 Å². The van der Waals surface area contributed by atoms with Gasteiger partial charge in [-0.1, -0.05) is 43.2 Å². The average Bonchev–Trinajstić information content (AvgIpc) is 3.08. The Balaban J connectivity index is 1.93. The Morgan fingerprint density at radius 2 is 1.79 bits per heavy atom. The Kier molecular flexibility index (Phi) is 4.84. The molecule has 1 saturated carbocycles. The number of ether oxygens (including phenoxy) is 1. The zero-order valence-electron chi connectivity index (χ0n) is 13.8. The van der Waals surface area contributed by atoms with Crippen molar-refractivity contribution in [3.8, 4) is 5.75 Å². The van der Waals surface area contributed by atoms with Crippen LogP contribution in [0.2, 0.25) is 0 Å². The van der Waals surface area contributed by atoms with Crippen molar-refractivity contribution in [3.63, 3.8) is 0 Å². The summed E-state index contributed by atoms with van der Waals surface area (Å²) < 4.78 is 20.0. The van der Waals surface area contributed by atoms with Crippen LogP contribution in [0.1, 0.15) is 38.2 Å². The molecule has 1 N–H and O–H groups in total. The van der Waals surface area contributed by atoms with Gasteiger partial charge in [0.2, 0.25) is 5.91 Å². The standard InChI is InChI=1S/C20H22FNO2/c1-2-24-18-12-6-5-11-17(18)22-19(23)20(13-7-8-14-20)15-9-3-4-10-16(15)21/h3-6,9-12H,2,7-8,13-14H2,1H3,(H,22,23). The van der Waals surface area contributed by atoms with E-state index in [1.165, 1.54) is 6.07 Å². The van der Waals surface area contributed by atoms with Crippen molar-refractivity contribution in [3.05, 3.63) is 59.9 Å². The van der Waals surface area contributed by atoms with Gasteiger partial charge in [-0.05, 0) is 38.0 Å². The zero-order chi connectivity index (χ0) is 17.0. The minimum atomic E-state index is -0.801. The predicted octanol–water partition coefficient (Wildman–Crippen LogP) is 4.67. The SMILES string of the molecule is CCOc1ccccc1NC(=O)C1(c2ccccc2F)CCCC1. The lowest BCUT2D eigenvalue weighted by atomic mass is 9.77. The largest absolute Gasteiger partial charge is 0.492 e. The Morgan fingerprint density at radius 3 is 2.50 bits per heavy atom. The van der Waals surface area contributed by atoms with Gasteiger partial charge in [0.15, 0.2) is 0 Å². The van der Waals surface area contributed by atoms with Crippen LogP contribution in [0, 0.1) is 5.82 Å². The average molecular weight is 327 g/mol. The van der Waals surface area contributed by atoms with E-state index in [0.29, 0.717) is 36.4 Å². The quantitative estimate of drug-likeness (QED) is 0.866. The number of hydrogen-bond acceptors (Lipinski definition) is 2. The lowest BCUT2D eigenvalue weighted by molar-refractivity contribution is -0.121. The molecule has 1 aliphatic rings. The van der Waals surface area contributed by atoms with E-state index >= 15 is 0 Å². The molecule has 2 aromatic rings. The highest BCUT2D eigenvalue weighted by molar-refractivity contribution is 6.00. The molecule has 0 saturated heterocycles. The van der Waals surface area contributed by atoms with E-state index in [9.17, 15) is 9.18 Å². The predicted molar refractivity (Wildman–Crippen MR) is 92.8 cm³/mol. The first-order valence-electron chi connectivity index (χ1n) is 8.45. The molecule has 1 aliphatic carbocycles. The molecular formula is C20H22FNO2. The Bertz CT molecular complexity index is 723. The van der Waals surface area contributed by atoms with Crippen LogP contribution in [-0.4, -0.2) is 12.5 Å².